The van der Waals surface area contributed by atoms with Crippen LogP contribution in [0.2, 0.25) is 0 Å². The molecule has 102 valence electrons. The summed E-state index contributed by atoms with van der Waals surface area (Å²) < 4.78 is 0. The highest BCUT2D eigenvalue weighted by molar-refractivity contribution is 5.88. The number of benzene rings is 1. The summed E-state index contributed by atoms with van der Waals surface area (Å²) in [5, 5.41) is 3.06. The van der Waals surface area contributed by atoms with Crippen LogP contribution >= 0.6 is 0 Å². The fourth-order valence-corrected chi connectivity index (χ4v) is 1.91. The number of hydrogen-bond donors (Lipinski definition) is 1. The van der Waals surface area contributed by atoms with Crippen LogP contribution in [0.5, 0.6) is 0 Å². The van der Waals surface area contributed by atoms with Gasteiger partial charge < -0.3 is 5.32 Å². The first kappa shape index (κ1) is 15.2. The largest absolute Gasteiger partial charge is 0.346 e. The molecule has 0 bridgehead atoms. The maximum Gasteiger partial charge on any atom is 0.244 e. The van der Waals surface area contributed by atoms with Gasteiger partial charge in [0.25, 0.3) is 0 Å². The van der Waals surface area contributed by atoms with Crippen LogP contribution < -0.4 is 5.32 Å². The van der Waals surface area contributed by atoms with E-state index in [9.17, 15) is 4.79 Å². The Balaban J connectivity index is 2.73. The summed E-state index contributed by atoms with van der Waals surface area (Å²) in [7, 11) is 0. The number of hydrogen-bond acceptors (Lipinski definition) is 1. The van der Waals surface area contributed by atoms with E-state index < -0.39 is 0 Å². The lowest BCUT2D eigenvalue weighted by Gasteiger charge is -2.20. The molecular weight excluding hydrogens is 234 g/mol. The molecular formula is C17H23NO. The van der Waals surface area contributed by atoms with E-state index in [1.807, 2.05) is 37.3 Å². The third kappa shape index (κ3) is 6.05. The van der Waals surface area contributed by atoms with Gasteiger partial charge in [-0.2, -0.15) is 0 Å². The predicted molar refractivity (Wildman–Crippen MR) is 80.7 cm³/mol. The fraction of sp³-hybridized carbons (Fsp3) is 0.353. The molecule has 0 spiro atoms. The molecule has 2 nitrogen and oxygen atoms in total. The molecule has 0 heterocycles. The van der Waals surface area contributed by atoms with Gasteiger partial charge in [-0.25, -0.2) is 0 Å². The molecule has 0 saturated heterocycles. The number of allylic oxidation sites excluding steroid dienone is 3. The van der Waals surface area contributed by atoms with Crippen LogP contribution in [0.3, 0.4) is 0 Å². The van der Waals surface area contributed by atoms with Gasteiger partial charge in [-0.1, -0.05) is 62.4 Å². The molecule has 0 fully saturated rings. The molecule has 0 radical (unpaired) electrons. The molecule has 1 N–H and O–H groups in total. The van der Waals surface area contributed by atoms with Crippen LogP contribution in [0.25, 0.3) is 0 Å². The lowest BCUT2D eigenvalue weighted by atomic mass is 9.97. The van der Waals surface area contributed by atoms with Crippen LogP contribution in [0, 0.1) is 5.92 Å². The zero-order valence-corrected chi connectivity index (χ0v) is 12.0. The predicted octanol–water partition coefficient (Wildman–Crippen LogP) is 4.02. The number of carbonyl (C=O) groups is 1. The van der Waals surface area contributed by atoms with Crippen molar-refractivity contribution >= 4 is 5.91 Å². The van der Waals surface area contributed by atoms with Gasteiger partial charge >= 0.3 is 0 Å². The zero-order chi connectivity index (χ0) is 14.1. The van der Waals surface area contributed by atoms with E-state index in [1.54, 1.807) is 12.2 Å². The van der Waals surface area contributed by atoms with Crippen molar-refractivity contribution < 1.29 is 4.79 Å². The fourth-order valence-electron chi connectivity index (χ4n) is 1.91. The Kier molecular flexibility index (Phi) is 6.65. The van der Waals surface area contributed by atoms with Crippen molar-refractivity contribution in [2.24, 2.45) is 5.92 Å². The first-order chi connectivity index (χ1) is 9.13. The third-order valence-corrected chi connectivity index (χ3v) is 2.78. The lowest BCUT2D eigenvalue weighted by molar-refractivity contribution is -0.117. The highest BCUT2D eigenvalue weighted by Gasteiger charge is 2.14. The Labute approximate surface area is 116 Å². The summed E-state index contributed by atoms with van der Waals surface area (Å²) >= 11 is 0. The van der Waals surface area contributed by atoms with Gasteiger partial charge in [0.15, 0.2) is 0 Å². The molecule has 1 aromatic rings. The Bertz CT molecular complexity index is 432. The average molecular weight is 257 g/mol. The Morgan fingerprint density at radius 3 is 2.47 bits per heavy atom. The summed E-state index contributed by atoms with van der Waals surface area (Å²) in [5.41, 5.74) is 1.16. The summed E-state index contributed by atoms with van der Waals surface area (Å²) in [6.07, 6.45) is 8.00. The van der Waals surface area contributed by atoms with Crippen LogP contribution in [-0.4, -0.2) is 5.91 Å². The van der Waals surface area contributed by atoms with Gasteiger partial charge in [0, 0.05) is 6.08 Å². The number of amides is 1. The van der Waals surface area contributed by atoms with Crippen LogP contribution in [-0.2, 0) is 4.79 Å². The second-order valence-corrected chi connectivity index (χ2v) is 4.99. The van der Waals surface area contributed by atoms with Crippen molar-refractivity contribution in [3.63, 3.8) is 0 Å². The first-order valence-corrected chi connectivity index (χ1v) is 6.78. The molecule has 0 aliphatic heterocycles. The van der Waals surface area contributed by atoms with E-state index in [0.717, 1.165) is 12.0 Å². The minimum Gasteiger partial charge on any atom is -0.346 e. The molecule has 1 amide bonds. The molecule has 1 atom stereocenters. The van der Waals surface area contributed by atoms with Gasteiger partial charge in [-0.3, -0.25) is 4.79 Å². The molecule has 0 aromatic heterocycles. The van der Waals surface area contributed by atoms with Crippen LogP contribution in [0.4, 0.5) is 0 Å². The van der Waals surface area contributed by atoms with Gasteiger partial charge in [-0.15, -0.1) is 0 Å². The van der Waals surface area contributed by atoms with Crippen molar-refractivity contribution in [2.75, 3.05) is 0 Å². The van der Waals surface area contributed by atoms with E-state index in [2.05, 4.69) is 31.3 Å². The molecule has 1 unspecified atom stereocenters. The number of rotatable bonds is 6. The highest BCUT2D eigenvalue weighted by atomic mass is 16.1. The molecule has 1 aromatic carbocycles. The third-order valence-electron chi connectivity index (χ3n) is 2.78. The smallest absolute Gasteiger partial charge is 0.244 e. The number of carbonyl (C=O) groups excluding carboxylic acids is 1. The van der Waals surface area contributed by atoms with E-state index in [0.29, 0.717) is 5.92 Å². The molecule has 0 aliphatic rings. The lowest BCUT2D eigenvalue weighted by Crippen LogP contribution is -2.27. The molecule has 19 heavy (non-hydrogen) atoms. The SMILES string of the molecule is C/C=C/C=C/C(=O)NC(CC(C)C)c1ccccc1. The van der Waals surface area contributed by atoms with Crippen LogP contribution in [0.15, 0.2) is 54.6 Å². The standard InChI is InChI=1S/C17H23NO/c1-4-5-7-12-17(19)18-16(13-14(2)3)15-10-8-6-9-11-15/h4-12,14,16H,13H2,1-3H3,(H,18,19)/b5-4+,12-7+. The minimum atomic E-state index is -0.0485. The monoisotopic (exact) mass is 257 g/mol. The van der Waals surface area contributed by atoms with Gasteiger partial charge in [0.1, 0.15) is 0 Å². The van der Waals surface area contributed by atoms with Gasteiger partial charge in [0.05, 0.1) is 6.04 Å². The highest BCUT2D eigenvalue weighted by Crippen LogP contribution is 2.20. The van der Waals surface area contributed by atoms with Gasteiger partial charge in [-0.05, 0) is 24.8 Å². The number of nitrogens with one attached hydrogen (secondary N) is 1. The van der Waals surface area contributed by atoms with Crippen molar-refractivity contribution in [1.82, 2.24) is 5.32 Å². The quantitative estimate of drug-likeness (QED) is 0.605. The Morgan fingerprint density at radius 2 is 1.89 bits per heavy atom. The maximum atomic E-state index is 11.9. The second kappa shape index (κ2) is 8.30. The molecule has 0 aliphatic carbocycles. The maximum absolute atomic E-state index is 11.9. The van der Waals surface area contributed by atoms with E-state index in [-0.39, 0.29) is 11.9 Å². The summed E-state index contributed by atoms with van der Waals surface area (Å²) in [6.45, 7) is 6.25. The molecule has 0 saturated carbocycles. The van der Waals surface area contributed by atoms with Crippen molar-refractivity contribution in [2.45, 2.75) is 33.2 Å². The van der Waals surface area contributed by atoms with Crippen molar-refractivity contribution in [3.8, 4) is 0 Å². The van der Waals surface area contributed by atoms with E-state index >= 15 is 0 Å². The summed E-state index contributed by atoms with van der Waals surface area (Å²) in [4.78, 5) is 11.9. The minimum absolute atomic E-state index is 0.0485. The van der Waals surface area contributed by atoms with Crippen LogP contribution in [0.1, 0.15) is 38.8 Å². The molecule has 1 rings (SSSR count). The Hall–Kier alpha value is -1.83. The molecule has 2 heteroatoms. The summed E-state index contributed by atoms with van der Waals surface area (Å²) in [6, 6.07) is 10.2. The normalized spacial score (nSPS) is 13.3. The summed E-state index contributed by atoms with van der Waals surface area (Å²) in [5.74, 6) is 0.484. The zero-order valence-electron chi connectivity index (χ0n) is 12.0. The van der Waals surface area contributed by atoms with Crippen molar-refractivity contribution in [1.29, 1.82) is 0 Å². The Morgan fingerprint density at radius 1 is 1.21 bits per heavy atom. The van der Waals surface area contributed by atoms with Gasteiger partial charge in [0.2, 0.25) is 5.91 Å². The second-order valence-electron chi connectivity index (χ2n) is 4.99. The van der Waals surface area contributed by atoms with E-state index in [1.165, 1.54) is 0 Å². The first-order valence-electron chi connectivity index (χ1n) is 6.78. The topological polar surface area (TPSA) is 29.1 Å². The van der Waals surface area contributed by atoms with Crippen molar-refractivity contribution in [3.05, 3.63) is 60.2 Å². The van der Waals surface area contributed by atoms with E-state index in [4.69, 9.17) is 0 Å². The average Bonchev–Trinajstić information content (AvgIpc) is 2.39.